The zero-order chi connectivity index (χ0) is 13.1. The molecule has 1 aromatic rings. The lowest BCUT2D eigenvalue weighted by Crippen LogP contribution is -2.27. The van der Waals surface area contributed by atoms with E-state index < -0.39 is 0 Å². The van der Waals surface area contributed by atoms with Crippen LogP contribution in [0.4, 0.5) is 0 Å². The van der Waals surface area contributed by atoms with E-state index in [2.05, 4.69) is 12.1 Å². The van der Waals surface area contributed by atoms with Gasteiger partial charge in [0.1, 0.15) is 5.75 Å². The monoisotopic (exact) mass is 258 g/mol. The molecule has 2 unspecified atom stereocenters. The van der Waals surface area contributed by atoms with Crippen LogP contribution < -0.4 is 0 Å². The zero-order valence-electron chi connectivity index (χ0n) is 11.9. The molecule has 19 heavy (non-hydrogen) atoms. The van der Waals surface area contributed by atoms with E-state index >= 15 is 0 Å². The van der Waals surface area contributed by atoms with Gasteiger partial charge in [-0.3, -0.25) is 0 Å². The lowest BCUT2D eigenvalue weighted by molar-refractivity contribution is 0.168. The summed E-state index contributed by atoms with van der Waals surface area (Å²) in [5, 5.41) is 10.2. The van der Waals surface area contributed by atoms with Gasteiger partial charge in [-0.1, -0.05) is 63.1 Å². The fraction of sp³-hybridized carbons (Fsp3) is 0.667. The molecule has 1 nitrogen and oxygen atoms in total. The SMILES string of the molecule is Oc1ccccc1C1CCCCC1C1CCCCC1. The largest absolute Gasteiger partial charge is 0.508 e. The average molecular weight is 258 g/mol. The molecule has 2 aliphatic carbocycles. The molecular formula is C18H26O. The molecule has 0 spiro atoms. The third kappa shape index (κ3) is 2.80. The van der Waals surface area contributed by atoms with Crippen molar-refractivity contribution in [2.75, 3.05) is 0 Å². The summed E-state index contributed by atoms with van der Waals surface area (Å²) in [5.74, 6) is 2.87. The number of para-hydroxylation sites is 1. The fourth-order valence-corrected chi connectivity index (χ4v) is 4.47. The van der Waals surface area contributed by atoms with Crippen molar-refractivity contribution in [3.05, 3.63) is 29.8 Å². The van der Waals surface area contributed by atoms with Gasteiger partial charge in [-0.25, -0.2) is 0 Å². The summed E-state index contributed by atoms with van der Waals surface area (Å²) in [4.78, 5) is 0. The highest BCUT2D eigenvalue weighted by atomic mass is 16.3. The molecule has 0 amide bonds. The van der Waals surface area contributed by atoms with Gasteiger partial charge < -0.3 is 5.11 Å². The maximum atomic E-state index is 10.2. The maximum Gasteiger partial charge on any atom is 0.119 e. The third-order valence-electron chi connectivity index (χ3n) is 5.41. The molecule has 2 saturated carbocycles. The van der Waals surface area contributed by atoms with Crippen LogP contribution >= 0.6 is 0 Å². The van der Waals surface area contributed by atoms with Crippen LogP contribution in [0.25, 0.3) is 0 Å². The minimum Gasteiger partial charge on any atom is -0.508 e. The summed E-state index contributed by atoms with van der Waals surface area (Å²) in [6.45, 7) is 0. The van der Waals surface area contributed by atoms with Crippen LogP contribution in [-0.4, -0.2) is 5.11 Å². The Balaban J connectivity index is 1.82. The Hall–Kier alpha value is -0.980. The van der Waals surface area contributed by atoms with Gasteiger partial charge in [-0.2, -0.15) is 0 Å². The minimum atomic E-state index is 0.523. The maximum absolute atomic E-state index is 10.2. The molecule has 0 saturated heterocycles. The van der Waals surface area contributed by atoms with Crippen LogP contribution in [0.1, 0.15) is 69.3 Å². The van der Waals surface area contributed by atoms with Crippen LogP contribution in [0, 0.1) is 11.8 Å². The van der Waals surface area contributed by atoms with Crippen LogP contribution in [0.3, 0.4) is 0 Å². The standard InChI is InChI=1S/C18H26O/c19-18-13-7-6-12-17(18)16-11-5-4-10-15(16)14-8-2-1-3-9-14/h6-7,12-16,19H,1-5,8-11H2. The van der Waals surface area contributed by atoms with Crippen LogP contribution in [0.15, 0.2) is 24.3 Å². The van der Waals surface area contributed by atoms with E-state index in [9.17, 15) is 5.11 Å². The van der Waals surface area contributed by atoms with Crippen molar-refractivity contribution in [3.63, 3.8) is 0 Å². The molecule has 0 aromatic heterocycles. The Morgan fingerprint density at radius 3 is 2.26 bits per heavy atom. The van der Waals surface area contributed by atoms with Gasteiger partial charge in [0.25, 0.3) is 0 Å². The summed E-state index contributed by atoms with van der Waals surface area (Å²) in [7, 11) is 0. The van der Waals surface area contributed by atoms with Gasteiger partial charge in [0.15, 0.2) is 0 Å². The molecule has 3 rings (SSSR count). The Bertz CT molecular complexity index is 406. The lowest BCUT2D eigenvalue weighted by Gasteiger charge is -2.39. The summed E-state index contributed by atoms with van der Waals surface area (Å²) in [5.41, 5.74) is 1.22. The van der Waals surface area contributed by atoms with Gasteiger partial charge >= 0.3 is 0 Å². The molecule has 0 radical (unpaired) electrons. The van der Waals surface area contributed by atoms with Crippen molar-refractivity contribution < 1.29 is 5.11 Å². The molecular weight excluding hydrogens is 232 g/mol. The first kappa shape index (κ1) is 13.0. The Labute approximate surface area is 117 Å². The van der Waals surface area contributed by atoms with Gasteiger partial charge in [-0.05, 0) is 42.2 Å². The highest BCUT2D eigenvalue weighted by Gasteiger charge is 2.34. The second-order valence-electron chi connectivity index (χ2n) is 6.51. The molecule has 104 valence electrons. The lowest BCUT2D eigenvalue weighted by atomic mass is 9.66. The summed E-state index contributed by atoms with van der Waals surface area (Å²) < 4.78 is 0. The molecule has 1 heteroatoms. The highest BCUT2D eigenvalue weighted by molar-refractivity contribution is 5.35. The van der Waals surface area contributed by atoms with Gasteiger partial charge in [0.05, 0.1) is 0 Å². The summed E-state index contributed by atoms with van der Waals surface area (Å²) in [6.07, 6.45) is 12.5. The van der Waals surface area contributed by atoms with Gasteiger partial charge in [-0.15, -0.1) is 0 Å². The third-order valence-corrected chi connectivity index (χ3v) is 5.41. The minimum absolute atomic E-state index is 0.523. The van der Waals surface area contributed by atoms with Crippen molar-refractivity contribution in [3.8, 4) is 5.75 Å². The number of phenolic OH excluding ortho intramolecular Hbond substituents is 1. The number of benzene rings is 1. The summed E-state index contributed by atoms with van der Waals surface area (Å²) in [6, 6.07) is 8.04. The first-order valence-corrected chi connectivity index (χ1v) is 8.14. The number of rotatable bonds is 2. The Morgan fingerprint density at radius 1 is 0.789 bits per heavy atom. The van der Waals surface area contributed by atoms with Gasteiger partial charge in [0.2, 0.25) is 0 Å². The Kier molecular flexibility index (Phi) is 4.10. The fourth-order valence-electron chi connectivity index (χ4n) is 4.47. The van der Waals surface area contributed by atoms with E-state index in [0.717, 1.165) is 11.8 Å². The van der Waals surface area contributed by atoms with E-state index in [-0.39, 0.29) is 0 Å². The van der Waals surface area contributed by atoms with Crippen molar-refractivity contribution in [2.24, 2.45) is 11.8 Å². The molecule has 1 aromatic carbocycles. The predicted octanol–water partition coefficient (Wildman–Crippen LogP) is 5.25. The number of hydrogen-bond donors (Lipinski definition) is 1. The van der Waals surface area contributed by atoms with E-state index in [0.29, 0.717) is 11.7 Å². The molecule has 0 heterocycles. The number of aromatic hydroxyl groups is 1. The quantitative estimate of drug-likeness (QED) is 0.768. The van der Waals surface area contributed by atoms with Crippen molar-refractivity contribution >= 4 is 0 Å². The van der Waals surface area contributed by atoms with Crippen molar-refractivity contribution in [2.45, 2.75) is 63.7 Å². The van der Waals surface area contributed by atoms with Crippen LogP contribution in [-0.2, 0) is 0 Å². The van der Waals surface area contributed by atoms with E-state index in [1.165, 1.54) is 63.4 Å². The van der Waals surface area contributed by atoms with Gasteiger partial charge in [0, 0.05) is 0 Å². The Morgan fingerprint density at radius 2 is 1.47 bits per heavy atom. The first-order valence-electron chi connectivity index (χ1n) is 8.14. The zero-order valence-corrected chi connectivity index (χ0v) is 11.9. The van der Waals surface area contributed by atoms with E-state index in [4.69, 9.17) is 0 Å². The summed E-state index contributed by atoms with van der Waals surface area (Å²) >= 11 is 0. The molecule has 2 fully saturated rings. The highest BCUT2D eigenvalue weighted by Crippen LogP contribution is 2.47. The second-order valence-corrected chi connectivity index (χ2v) is 6.51. The second kappa shape index (κ2) is 5.98. The average Bonchev–Trinajstić information content (AvgIpc) is 2.49. The van der Waals surface area contributed by atoms with E-state index in [1.807, 2.05) is 12.1 Å². The van der Waals surface area contributed by atoms with Crippen LogP contribution in [0.2, 0.25) is 0 Å². The number of phenols is 1. The normalized spacial score (nSPS) is 29.3. The topological polar surface area (TPSA) is 20.2 Å². The molecule has 0 aliphatic heterocycles. The smallest absolute Gasteiger partial charge is 0.119 e. The molecule has 1 N–H and O–H groups in total. The molecule has 2 atom stereocenters. The predicted molar refractivity (Wildman–Crippen MR) is 79.4 cm³/mol. The molecule has 0 bridgehead atoms. The number of hydrogen-bond acceptors (Lipinski definition) is 1. The van der Waals surface area contributed by atoms with Crippen molar-refractivity contribution in [1.29, 1.82) is 0 Å². The van der Waals surface area contributed by atoms with Crippen LogP contribution in [0.5, 0.6) is 5.75 Å². The van der Waals surface area contributed by atoms with E-state index in [1.54, 1.807) is 0 Å². The first-order chi connectivity index (χ1) is 9.36. The van der Waals surface area contributed by atoms with Crippen molar-refractivity contribution in [1.82, 2.24) is 0 Å². The molecule has 2 aliphatic rings.